The molecule has 17 heavy (non-hydrogen) atoms. The molecule has 1 aromatic carbocycles. The molecule has 3 nitrogen and oxygen atoms in total. The lowest BCUT2D eigenvalue weighted by atomic mass is 10.1. The van der Waals surface area contributed by atoms with Crippen molar-refractivity contribution in [1.82, 2.24) is 10.3 Å². The van der Waals surface area contributed by atoms with Crippen LogP contribution >= 0.6 is 0 Å². The Hall–Kier alpha value is -1.13. The summed E-state index contributed by atoms with van der Waals surface area (Å²) < 4.78 is 11.1. The van der Waals surface area contributed by atoms with E-state index in [0.717, 1.165) is 12.1 Å². The number of aromatic nitrogens is 1. The molecule has 2 unspecified atom stereocenters. The maximum atomic E-state index is 11.1. The summed E-state index contributed by atoms with van der Waals surface area (Å²) in [5.74, 6) is 0.701. The summed E-state index contributed by atoms with van der Waals surface area (Å²) in [7, 11) is -0.737. The Kier molecular flexibility index (Phi) is 3.97. The Balaban J connectivity index is 1.96. The topological polar surface area (TPSA) is 44.9 Å². The van der Waals surface area contributed by atoms with Gasteiger partial charge in [0, 0.05) is 47.1 Å². The van der Waals surface area contributed by atoms with Gasteiger partial charge in [0.2, 0.25) is 0 Å². The molecule has 0 saturated heterocycles. The molecule has 1 aromatic heterocycles. The van der Waals surface area contributed by atoms with E-state index >= 15 is 0 Å². The highest BCUT2D eigenvalue weighted by Crippen LogP contribution is 2.14. The van der Waals surface area contributed by atoms with Crippen molar-refractivity contribution in [3.63, 3.8) is 0 Å². The smallest absolute Gasteiger partial charge is 0.0454 e. The lowest BCUT2D eigenvalue weighted by molar-refractivity contribution is 0.587. The van der Waals surface area contributed by atoms with Crippen LogP contribution in [0.3, 0.4) is 0 Å². The SMILES string of the molecule is CC(CS(C)=O)NCc1ccc2[nH]ccc2c1. The van der Waals surface area contributed by atoms with E-state index in [-0.39, 0.29) is 6.04 Å². The quantitative estimate of drug-likeness (QED) is 0.853. The van der Waals surface area contributed by atoms with Crippen molar-refractivity contribution in [3.8, 4) is 0 Å². The fourth-order valence-electron chi connectivity index (χ4n) is 1.92. The number of aromatic amines is 1. The second kappa shape index (κ2) is 5.47. The first kappa shape index (κ1) is 12.3. The molecule has 0 radical (unpaired) electrons. The van der Waals surface area contributed by atoms with Gasteiger partial charge in [-0.15, -0.1) is 0 Å². The van der Waals surface area contributed by atoms with Crippen LogP contribution < -0.4 is 5.32 Å². The van der Waals surface area contributed by atoms with Crippen molar-refractivity contribution in [2.24, 2.45) is 0 Å². The van der Waals surface area contributed by atoms with Gasteiger partial charge in [-0.1, -0.05) is 6.07 Å². The average Bonchev–Trinajstić information content (AvgIpc) is 2.72. The van der Waals surface area contributed by atoms with Crippen LogP contribution in [0, 0.1) is 0 Å². The number of hydrogen-bond donors (Lipinski definition) is 2. The van der Waals surface area contributed by atoms with E-state index in [9.17, 15) is 4.21 Å². The predicted molar refractivity (Wildman–Crippen MR) is 73.5 cm³/mol. The van der Waals surface area contributed by atoms with Crippen molar-refractivity contribution >= 4 is 21.7 Å². The molecule has 0 bridgehead atoms. The zero-order valence-electron chi connectivity index (χ0n) is 10.2. The van der Waals surface area contributed by atoms with Gasteiger partial charge in [0.1, 0.15) is 0 Å². The molecule has 2 N–H and O–H groups in total. The molecule has 0 aliphatic rings. The maximum absolute atomic E-state index is 11.1. The standard InChI is InChI=1S/C13H18N2OS/c1-10(9-17(2)16)15-8-11-3-4-13-12(7-11)5-6-14-13/h3-7,10,14-15H,8-9H2,1-2H3. The monoisotopic (exact) mass is 250 g/mol. The van der Waals surface area contributed by atoms with Gasteiger partial charge in [0.15, 0.2) is 0 Å². The summed E-state index contributed by atoms with van der Waals surface area (Å²) in [5, 5.41) is 4.62. The molecular weight excluding hydrogens is 232 g/mol. The third-order valence-corrected chi connectivity index (χ3v) is 3.73. The molecule has 92 valence electrons. The third-order valence-electron chi connectivity index (χ3n) is 2.76. The molecular formula is C13H18N2OS. The van der Waals surface area contributed by atoms with Crippen molar-refractivity contribution < 1.29 is 4.21 Å². The summed E-state index contributed by atoms with van der Waals surface area (Å²) in [6.07, 6.45) is 3.69. The lowest BCUT2D eigenvalue weighted by Crippen LogP contribution is -2.30. The van der Waals surface area contributed by atoms with E-state index in [4.69, 9.17) is 0 Å². The minimum atomic E-state index is -0.737. The molecule has 2 rings (SSSR count). The lowest BCUT2D eigenvalue weighted by Gasteiger charge is -2.12. The van der Waals surface area contributed by atoms with Gasteiger partial charge in [-0.3, -0.25) is 4.21 Å². The van der Waals surface area contributed by atoms with Crippen molar-refractivity contribution in [2.75, 3.05) is 12.0 Å². The predicted octanol–water partition coefficient (Wildman–Crippen LogP) is 2.02. The van der Waals surface area contributed by atoms with Gasteiger partial charge in [0.25, 0.3) is 0 Å². The highest BCUT2D eigenvalue weighted by atomic mass is 32.2. The fourth-order valence-corrected chi connectivity index (χ4v) is 2.74. The molecule has 0 fully saturated rings. The zero-order valence-corrected chi connectivity index (χ0v) is 11.0. The molecule has 0 aliphatic carbocycles. The summed E-state index contributed by atoms with van der Waals surface area (Å²) in [6.45, 7) is 2.88. The normalized spacial score (nSPS) is 14.9. The van der Waals surface area contributed by atoms with E-state index in [0.29, 0.717) is 5.75 Å². The van der Waals surface area contributed by atoms with E-state index < -0.39 is 10.8 Å². The average molecular weight is 250 g/mol. The number of nitrogens with one attached hydrogen (secondary N) is 2. The number of H-pyrrole nitrogens is 1. The van der Waals surface area contributed by atoms with Crippen LogP contribution in [0.25, 0.3) is 10.9 Å². The molecule has 2 atom stereocenters. The van der Waals surface area contributed by atoms with Crippen LogP contribution in [0.5, 0.6) is 0 Å². The fraction of sp³-hybridized carbons (Fsp3) is 0.385. The number of benzene rings is 1. The Labute approximate surface area is 104 Å². The van der Waals surface area contributed by atoms with Crippen LogP contribution in [0.1, 0.15) is 12.5 Å². The molecule has 4 heteroatoms. The largest absolute Gasteiger partial charge is 0.361 e. The maximum Gasteiger partial charge on any atom is 0.0454 e. The summed E-state index contributed by atoms with van der Waals surface area (Å²) in [6, 6.07) is 8.73. The molecule has 0 spiro atoms. The van der Waals surface area contributed by atoms with Crippen LogP contribution in [0.15, 0.2) is 30.5 Å². The van der Waals surface area contributed by atoms with E-state index in [2.05, 4.69) is 41.5 Å². The van der Waals surface area contributed by atoms with Crippen LogP contribution in [-0.4, -0.2) is 27.2 Å². The van der Waals surface area contributed by atoms with Gasteiger partial charge >= 0.3 is 0 Å². The van der Waals surface area contributed by atoms with Gasteiger partial charge < -0.3 is 10.3 Å². The number of fused-ring (bicyclic) bond motifs is 1. The highest BCUT2D eigenvalue weighted by molar-refractivity contribution is 7.84. The van der Waals surface area contributed by atoms with Crippen LogP contribution in [-0.2, 0) is 17.3 Å². The third kappa shape index (κ3) is 3.41. The van der Waals surface area contributed by atoms with Gasteiger partial charge in [-0.05, 0) is 36.1 Å². The van der Waals surface area contributed by atoms with E-state index in [1.54, 1.807) is 6.26 Å². The van der Waals surface area contributed by atoms with E-state index in [1.165, 1.54) is 10.9 Å². The molecule has 1 heterocycles. The number of rotatable bonds is 5. The second-order valence-electron chi connectivity index (χ2n) is 4.42. The highest BCUT2D eigenvalue weighted by Gasteiger charge is 2.04. The van der Waals surface area contributed by atoms with Crippen molar-refractivity contribution in [3.05, 3.63) is 36.0 Å². The van der Waals surface area contributed by atoms with Crippen molar-refractivity contribution in [1.29, 1.82) is 0 Å². The Morgan fingerprint density at radius 1 is 1.41 bits per heavy atom. The van der Waals surface area contributed by atoms with Crippen molar-refractivity contribution in [2.45, 2.75) is 19.5 Å². The second-order valence-corrected chi connectivity index (χ2v) is 5.90. The van der Waals surface area contributed by atoms with Crippen LogP contribution in [0.4, 0.5) is 0 Å². The Bertz CT molecular complexity index is 521. The first-order valence-electron chi connectivity index (χ1n) is 5.74. The van der Waals surface area contributed by atoms with E-state index in [1.807, 2.05) is 6.20 Å². The molecule has 0 aliphatic heterocycles. The van der Waals surface area contributed by atoms with Gasteiger partial charge in [-0.25, -0.2) is 0 Å². The summed E-state index contributed by atoms with van der Waals surface area (Å²) in [4.78, 5) is 3.18. The molecule has 2 aromatic rings. The molecule has 0 amide bonds. The number of hydrogen-bond acceptors (Lipinski definition) is 2. The van der Waals surface area contributed by atoms with Crippen LogP contribution in [0.2, 0.25) is 0 Å². The van der Waals surface area contributed by atoms with Gasteiger partial charge in [-0.2, -0.15) is 0 Å². The summed E-state index contributed by atoms with van der Waals surface area (Å²) >= 11 is 0. The Morgan fingerprint density at radius 2 is 2.24 bits per heavy atom. The first-order chi connectivity index (χ1) is 8.15. The van der Waals surface area contributed by atoms with Gasteiger partial charge in [0.05, 0.1) is 0 Å². The first-order valence-corrected chi connectivity index (χ1v) is 7.47. The molecule has 0 saturated carbocycles. The minimum Gasteiger partial charge on any atom is -0.361 e. The summed E-state index contributed by atoms with van der Waals surface area (Å²) in [5.41, 5.74) is 2.42. The Morgan fingerprint density at radius 3 is 3.00 bits per heavy atom. The zero-order chi connectivity index (χ0) is 12.3. The minimum absolute atomic E-state index is 0.280.